The molecular weight excluding hydrogens is 278 g/mol. The molecule has 0 saturated heterocycles. The summed E-state index contributed by atoms with van der Waals surface area (Å²) in [7, 11) is 0. The van der Waals surface area contributed by atoms with Crippen LogP contribution in [-0.2, 0) is 4.79 Å². The first-order valence-electron chi connectivity index (χ1n) is 6.47. The van der Waals surface area contributed by atoms with Crippen LogP contribution in [0.5, 0.6) is 0 Å². The molecule has 1 aromatic rings. The average molecular weight is 293 g/mol. The van der Waals surface area contributed by atoms with E-state index in [0.29, 0.717) is 18.5 Å². The minimum atomic E-state index is -0.896. The summed E-state index contributed by atoms with van der Waals surface area (Å²) in [6.07, 6.45) is 1.99. The van der Waals surface area contributed by atoms with Crippen LogP contribution in [0.25, 0.3) is 0 Å². The summed E-state index contributed by atoms with van der Waals surface area (Å²) in [6, 6.07) is 3.41. The van der Waals surface area contributed by atoms with Gasteiger partial charge in [-0.2, -0.15) is 0 Å². The molecule has 0 aliphatic heterocycles. The third-order valence-corrected chi connectivity index (χ3v) is 3.65. The van der Waals surface area contributed by atoms with E-state index < -0.39 is 22.7 Å². The molecule has 8 heteroatoms. The molecule has 0 radical (unpaired) electrons. The summed E-state index contributed by atoms with van der Waals surface area (Å²) < 4.78 is 0. The lowest BCUT2D eigenvalue weighted by molar-refractivity contribution is -0.384. The molecule has 1 aliphatic carbocycles. The van der Waals surface area contributed by atoms with Crippen LogP contribution in [0, 0.1) is 16.0 Å². The van der Waals surface area contributed by atoms with E-state index in [2.05, 4.69) is 5.32 Å². The van der Waals surface area contributed by atoms with Gasteiger partial charge in [0.1, 0.15) is 0 Å². The molecule has 1 aliphatic rings. The third kappa shape index (κ3) is 3.10. The highest BCUT2D eigenvalue weighted by atomic mass is 16.6. The van der Waals surface area contributed by atoms with E-state index >= 15 is 0 Å². The maximum absolute atomic E-state index is 11.4. The summed E-state index contributed by atoms with van der Waals surface area (Å²) in [5.41, 5.74) is 5.31. The van der Waals surface area contributed by atoms with Crippen LogP contribution in [-0.4, -0.2) is 27.9 Å². The quantitative estimate of drug-likeness (QED) is 0.554. The molecule has 1 saturated carbocycles. The van der Waals surface area contributed by atoms with Gasteiger partial charge < -0.3 is 16.2 Å². The number of primary amides is 1. The van der Waals surface area contributed by atoms with Crippen molar-refractivity contribution in [1.82, 2.24) is 0 Å². The van der Waals surface area contributed by atoms with Gasteiger partial charge in [0.2, 0.25) is 0 Å². The molecular formula is C13H15N3O5. The van der Waals surface area contributed by atoms with Crippen LogP contribution < -0.4 is 11.1 Å². The van der Waals surface area contributed by atoms with Crippen LogP contribution in [0.4, 0.5) is 11.4 Å². The molecule has 1 amide bonds. The zero-order valence-corrected chi connectivity index (χ0v) is 11.1. The van der Waals surface area contributed by atoms with Gasteiger partial charge in [-0.1, -0.05) is 6.42 Å². The Hall–Kier alpha value is -2.64. The van der Waals surface area contributed by atoms with Crippen LogP contribution >= 0.6 is 0 Å². The van der Waals surface area contributed by atoms with Crippen LogP contribution in [0.1, 0.15) is 29.6 Å². The number of aliphatic carboxylic acids is 1. The highest BCUT2D eigenvalue weighted by Crippen LogP contribution is 2.31. The lowest BCUT2D eigenvalue weighted by Crippen LogP contribution is -2.30. The zero-order chi connectivity index (χ0) is 15.6. The fraction of sp³-hybridized carbons (Fsp3) is 0.385. The number of non-ortho nitro benzene ring substituents is 1. The Bertz CT molecular complexity index is 601. The molecule has 2 rings (SSSR count). The second kappa shape index (κ2) is 5.78. The predicted molar refractivity (Wildman–Crippen MR) is 74.0 cm³/mol. The number of benzene rings is 1. The van der Waals surface area contributed by atoms with E-state index in [1.807, 2.05) is 0 Å². The summed E-state index contributed by atoms with van der Waals surface area (Å²) in [6.45, 7) is 0. The van der Waals surface area contributed by atoms with Gasteiger partial charge in [-0.05, 0) is 18.9 Å². The van der Waals surface area contributed by atoms with E-state index in [9.17, 15) is 19.7 Å². The van der Waals surface area contributed by atoms with Crippen molar-refractivity contribution in [2.75, 3.05) is 5.32 Å². The van der Waals surface area contributed by atoms with Gasteiger partial charge in [0.15, 0.2) is 0 Å². The maximum atomic E-state index is 11.4. The minimum absolute atomic E-state index is 0.0137. The first-order chi connectivity index (χ1) is 9.90. The van der Waals surface area contributed by atoms with E-state index in [4.69, 9.17) is 10.8 Å². The Morgan fingerprint density at radius 2 is 2.10 bits per heavy atom. The van der Waals surface area contributed by atoms with Crippen molar-refractivity contribution < 1.29 is 19.6 Å². The molecule has 0 aromatic heterocycles. The Balaban J connectivity index is 2.29. The predicted octanol–water partition coefficient (Wildman–Crippen LogP) is 1.36. The summed E-state index contributed by atoms with van der Waals surface area (Å²) in [5.74, 6) is -2.24. The molecule has 8 nitrogen and oxygen atoms in total. The molecule has 0 heterocycles. The van der Waals surface area contributed by atoms with Crippen molar-refractivity contribution in [3.05, 3.63) is 33.9 Å². The molecule has 0 spiro atoms. The topological polar surface area (TPSA) is 136 Å². The van der Waals surface area contributed by atoms with Crippen molar-refractivity contribution in [2.24, 2.45) is 11.7 Å². The van der Waals surface area contributed by atoms with Crippen molar-refractivity contribution >= 4 is 23.3 Å². The highest BCUT2D eigenvalue weighted by molar-refractivity contribution is 5.99. The minimum Gasteiger partial charge on any atom is -0.481 e. The number of nitro groups is 1. The van der Waals surface area contributed by atoms with Gasteiger partial charge in [-0.25, -0.2) is 0 Å². The normalized spacial score (nSPS) is 21.0. The lowest BCUT2D eigenvalue weighted by atomic mass is 10.0. The first-order valence-corrected chi connectivity index (χ1v) is 6.47. The number of carboxylic acid groups (broad SMARTS) is 1. The average Bonchev–Trinajstić information content (AvgIpc) is 2.87. The largest absolute Gasteiger partial charge is 0.481 e. The van der Waals surface area contributed by atoms with Gasteiger partial charge >= 0.3 is 5.97 Å². The molecule has 1 aromatic carbocycles. The van der Waals surface area contributed by atoms with Crippen molar-refractivity contribution in [3.8, 4) is 0 Å². The monoisotopic (exact) mass is 293 g/mol. The van der Waals surface area contributed by atoms with Crippen LogP contribution in [0.3, 0.4) is 0 Å². The van der Waals surface area contributed by atoms with Crippen molar-refractivity contribution in [2.45, 2.75) is 25.3 Å². The van der Waals surface area contributed by atoms with Gasteiger partial charge in [-0.3, -0.25) is 19.7 Å². The molecule has 21 heavy (non-hydrogen) atoms. The smallest absolute Gasteiger partial charge is 0.308 e. The van der Waals surface area contributed by atoms with Crippen molar-refractivity contribution in [1.29, 1.82) is 0 Å². The summed E-state index contributed by atoms with van der Waals surface area (Å²) >= 11 is 0. The third-order valence-electron chi connectivity index (χ3n) is 3.65. The van der Waals surface area contributed by atoms with E-state index in [1.54, 1.807) is 0 Å². The molecule has 112 valence electrons. The summed E-state index contributed by atoms with van der Waals surface area (Å²) in [4.78, 5) is 32.7. The highest BCUT2D eigenvalue weighted by Gasteiger charge is 2.33. The van der Waals surface area contributed by atoms with Gasteiger partial charge in [-0.15, -0.1) is 0 Å². The van der Waals surface area contributed by atoms with E-state index in [0.717, 1.165) is 12.5 Å². The zero-order valence-electron chi connectivity index (χ0n) is 11.1. The lowest BCUT2D eigenvalue weighted by Gasteiger charge is -2.20. The maximum Gasteiger partial charge on any atom is 0.308 e. The summed E-state index contributed by atoms with van der Waals surface area (Å²) in [5, 5.41) is 22.8. The Labute approximate surface area is 120 Å². The number of carboxylic acids is 1. The fourth-order valence-corrected chi connectivity index (χ4v) is 2.60. The second-order valence-corrected chi connectivity index (χ2v) is 4.98. The number of nitrogens with two attached hydrogens (primary N) is 1. The Morgan fingerprint density at radius 3 is 2.67 bits per heavy atom. The number of amides is 1. The molecule has 2 unspecified atom stereocenters. The first kappa shape index (κ1) is 14.8. The van der Waals surface area contributed by atoms with Crippen molar-refractivity contribution in [3.63, 3.8) is 0 Å². The number of nitro benzene ring substituents is 1. The number of anilines is 1. The number of rotatable bonds is 5. The molecule has 1 fully saturated rings. The number of carbonyl (C=O) groups is 2. The number of carbonyl (C=O) groups excluding carboxylic acids is 1. The molecule has 4 N–H and O–H groups in total. The number of hydrogen-bond acceptors (Lipinski definition) is 5. The fourth-order valence-electron chi connectivity index (χ4n) is 2.60. The molecule has 0 bridgehead atoms. The molecule has 2 atom stereocenters. The van der Waals surface area contributed by atoms with Gasteiger partial charge in [0, 0.05) is 23.9 Å². The van der Waals surface area contributed by atoms with E-state index in [-0.39, 0.29) is 17.3 Å². The van der Waals surface area contributed by atoms with Crippen LogP contribution in [0.2, 0.25) is 0 Å². The Kier molecular flexibility index (Phi) is 4.06. The number of nitrogens with one attached hydrogen (secondary N) is 1. The Morgan fingerprint density at radius 1 is 1.38 bits per heavy atom. The van der Waals surface area contributed by atoms with Gasteiger partial charge in [0.25, 0.3) is 11.6 Å². The SMILES string of the molecule is NC(=O)c1cc([N+](=O)[O-])ccc1NC1CCCC1C(=O)O. The number of nitrogens with zero attached hydrogens (tertiary/aromatic N) is 1. The van der Waals surface area contributed by atoms with Gasteiger partial charge in [0.05, 0.1) is 16.4 Å². The van der Waals surface area contributed by atoms with Crippen LogP contribution in [0.15, 0.2) is 18.2 Å². The number of hydrogen-bond donors (Lipinski definition) is 3. The van der Waals surface area contributed by atoms with E-state index in [1.165, 1.54) is 12.1 Å². The standard InChI is InChI=1S/C13H15N3O5/c14-12(17)9-6-7(16(20)21)4-5-11(9)15-10-3-1-2-8(10)13(18)19/h4-6,8,10,15H,1-3H2,(H2,14,17)(H,18,19). The second-order valence-electron chi connectivity index (χ2n) is 4.98.